The highest BCUT2D eigenvalue weighted by Crippen LogP contribution is 2.41. The Morgan fingerprint density at radius 3 is 2.47 bits per heavy atom. The monoisotopic (exact) mass is 780 g/mol. The summed E-state index contributed by atoms with van der Waals surface area (Å²) in [6.07, 6.45) is -3.81. The predicted molar refractivity (Wildman–Crippen MR) is 197 cm³/mol. The highest BCUT2D eigenvalue weighted by Gasteiger charge is 2.55. The van der Waals surface area contributed by atoms with Gasteiger partial charge < -0.3 is 49.0 Å². The second-order valence-corrected chi connectivity index (χ2v) is 16.2. The van der Waals surface area contributed by atoms with Crippen LogP contribution in [0.2, 0.25) is 0 Å². The van der Waals surface area contributed by atoms with Crippen LogP contribution in [-0.4, -0.2) is 121 Å². The van der Waals surface area contributed by atoms with E-state index in [1.807, 2.05) is 46.7 Å². The number of aliphatic imine (C=N–C) groups is 1. The van der Waals surface area contributed by atoms with Gasteiger partial charge in [0.15, 0.2) is 23.5 Å². The number of carbonyl (C=O) groups is 2. The minimum atomic E-state index is -1.27. The standard InChI is InChI=1S/C39H58F2N4O10/c1-10-30-39(7)34(43-37(42)55-39)23(5)32(46)20(2)16-38(6)31(54-36-33(47)28(45(8)9)13-21(3)52-36)15-29(22(4)35(48)53-30)49-18-25(19-50-38)44-51-17-24-11-12-26(40)27(41)14-24/h11-12,14,20-23,28-31,33-34,36,47H,10,13,15-19H2,1-9H3,(H2,42,43)/b44-25+/t20-,21-,22-,23+,28+,29-,30-,31-,33-,34?,36?,38+,39?/m1/s1. The fraction of sp³-hybridized carbons (Fsp3) is 0.744. The van der Waals surface area contributed by atoms with Crippen LogP contribution in [0.1, 0.15) is 79.7 Å². The van der Waals surface area contributed by atoms with Gasteiger partial charge >= 0.3 is 5.97 Å². The van der Waals surface area contributed by atoms with Gasteiger partial charge in [-0.25, -0.2) is 13.8 Å². The number of nitrogens with zero attached hydrogens (tertiary/aromatic N) is 3. The third kappa shape index (κ3) is 9.48. The van der Waals surface area contributed by atoms with Crippen molar-refractivity contribution in [3.63, 3.8) is 0 Å². The van der Waals surface area contributed by atoms with E-state index < -0.39 is 83.3 Å². The van der Waals surface area contributed by atoms with Crippen LogP contribution < -0.4 is 5.73 Å². The van der Waals surface area contributed by atoms with Crippen LogP contribution in [-0.2, 0) is 49.5 Å². The molecule has 0 radical (unpaired) electrons. The van der Waals surface area contributed by atoms with E-state index in [1.165, 1.54) is 6.07 Å². The largest absolute Gasteiger partial charge is 0.458 e. The number of carbonyl (C=O) groups excluding carboxylic acids is 2. The molecule has 3 N–H and O–H groups in total. The molecule has 1 aromatic rings. The maximum Gasteiger partial charge on any atom is 0.311 e. The zero-order valence-electron chi connectivity index (χ0n) is 33.3. The van der Waals surface area contributed by atoms with Crippen LogP contribution in [0.25, 0.3) is 0 Å². The lowest BCUT2D eigenvalue weighted by Crippen LogP contribution is -2.58. The fourth-order valence-corrected chi connectivity index (χ4v) is 8.31. The van der Waals surface area contributed by atoms with Crippen LogP contribution in [0.15, 0.2) is 28.3 Å². The average molecular weight is 781 g/mol. The highest BCUT2D eigenvalue weighted by molar-refractivity contribution is 5.87. The van der Waals surface area contributed by atoms with Crippen molar-refractivity contribution in [3.05, 3.63) is 35.4 Å². The third-order valence-electron chi connectivity index (χ3n) is 11.6. The van der Waals surface area contributed by atoms with Gasteiger partial charge in [0, 0.05) is 24.3 Å². The molecule has 0 aromatic heterocycles. The summed E-state index contributed by atoms with van der Waals surface area (Å²) in [5.41, 5.74) is 4.26. The molecule has 5 rings (SSSR count). The third-order valence-corrected chi connectivity index (χ3v) is 11.6. The number of esters is 1. The number of amidine groups is 1. The Balaban J connectivity index is 1.56. The van der Waals surface area contributed by atoms with Gasteiger partial charge in [0.2, 0.25) is 0 Å². The Labute approximate surface area is 322 Å². The normalized spacial score (nSPS) is 40.0. The molecular weight excluding hydrogens is 722 g/mol. The first-order chi connectivity index (χ1) is 25.9. The van der Waals surface area contributed by atoms with Crippen molar-refractivity contribution in [1.29, 1.82) is 0 Å². The van der Waals surface area contributed by atoms with Crippen LogP contribution in [0, 0.1) is 29.4 Å². The molecule has 0 saturated carbocycles. The lowest BCUT2D eigenvalue weighted by molar-refractivity contribution is -0.294. The van der Waals surface area contributed by atoms with E-state index in [-0.39, 0.29) is 56.6 Å². The molecule has 4 heterocycles. The number of cyclic esters (lactones) is 1. The van der Waals surface area contributed by atoms with Gasteiger partial charge in [0.05, 0.1) is 43.0 Å². The molecule has 16 heteroatoms. The molecular formula is C39H58F2N4O10. The van der Waals surface area contributed by atoms with Crippen molar-refractivity contribution < 1.29 is 56.7 Å². The molecule has 1 aromatic carbocycles. The second kappa shape index (κ2) is 17.5. The van der Waals surface area contributed by atoms with Crippen molar-refractivity contribution in [1.82, 2.24) is 4.90 Å². The van der Waals surface area contributed by atoms with E-state index in [9.17, 15) is 23.5 Å². The van der Waals surface area contributed by atoms with Gasteiger partial charge in [0.1, 0.15) is 36.4 Å². The second-order valence-electron chi connectivity index (χ2n) is 16.2. The molecule has 4 aliphatic heterocycles. The van der Waals surface area contributed by atoms with Gasteiger partial charge in [-0.1, -0.05) is 32.0 Å². The van der Waals surface area contributed by atoms with Crippen molar-refractivity contribution >= 4 is 23.5 Å². The first-order valence-electron chi connectivity index (χ1n) is 19.2. The average Bonchev–Trinajstić information content (AvgIpc) is 3.47. The first-order valence-corrected chi connectivity index (χ1v) is 19.2. The van der Waals surface area contributed by atoms with Gasteiger partial charge in [-0.2, -0.15) is 0 Å². The molecule has 3 saturated heterocycles. The predicted octanol–water partition coefficient (Wildman–Crippen LogP) is 3.89. The minimum Gasteiger partial charge on any atom is -0.458 e. The van der Waals surface area contributed by atoms with Crippen LogP contribution >= 0.6 is 0 Å². The summed E-state index contributed by atoms with van der Waals surface area (Å²) in [5.74, 6) is -4.91. The molecule has 308 valence electrons. The number of halogens is 2. The number of aliphatic hydroxyl groups is 1. The quantitative estimate of drug-likeness (QED) is 0.303. The van der Waals surface area contributed by atoms with E-state index in [0.29, 0.717) is 24.1 Å². The topological polar surface area (TPSA) is 173 Å². The maximum atomic E-state index is 14.4. The summed E-state index contributed by atoms with van der Waals surface area (Å²) in [7, 11) is 3.76. The number of ether oxygens (including phenoxy) is 6. The lowest BCUT2D eigenvalue weighted by Gasteiger charge is -2.46. The van der Waals surface area contributed by atoms with Crippen LogP contribution in [0.4, 0.5) is 8.78 Å². The lowest BCUT2D eigenvalue weighted by atomic mass is 9.75. The Kier molecular flexibility index (Phi) is 13.6. The number of Topliss-reactive ketones (excluding diaryl/α,β-unsaturated/α-hetero) is 1. The molecule has 3 unspecified atom stereocenters. The number of benzene rings is 1. The zero-order valence-corrected chi connectivity index (χ0v) is 33.3. The molecule has 14 nitrogen and oxygen atoms in total. The maximum absolute atomic E-state index is 14.4. The van der Waals surface area contributed by atoms with E-state index >= 15 is 0 Å². The van der Waals surface area contributed by atoms with E-state index in [0.717, 1.165) is 12.1 Å². The number of fused-ring (bicyclic) bond motifs is 4. The van der Waals surface area contributed by atoms with Gasteiger partial charge in [0.25, 0.3) is 6.02 Å². The summed E-state index contributed by atoms with van der Waals surface area (Å²) in [4.78, 5) is 40.6. The number of rotatable bonds is 7. The number of likely N-dealkylation sites (N-methyl/N-ethyl adjacent to an activating group) is 1. The Hall–Kier alpha value is -3.28. The van der Waals surface area contributed by atoms with Crippen LogP contribution in [0.5, 0.6) is 0 Å². The smallest absolute Gasteiger partial charge is 0.311 e. The summed E-state index contributed by atoms with van der Waals surface area (Å²) < 4.78 is 65.7. The number of aliphatic hydroxyl groups excluding tert-OH is 1. The van der Waals surface area contributed by atoms with Crippen molar-refractivity contribution in [2.24, 2.45) is 33.6 Å². The fourth-order valence-electron chi connectivity index (χ4n) is 8.31. The van der Waals surface area contributed by atoms with Gasteiger partial charge in [-0.15, -0.1) is 0 Å². The van der Waals surface area contributed by atoms with Gasteiger partial charge in [-0.3, -0.25) is 9.59 Å². The molecule has 55 heavy (non-hydrogen) atoms. The van der Waals surface area contributed by atoms with Crippen molar-refractivity contribution in [3.8, 4) is 0 Å². The summed E-state index contributed by atoms with van der Waals surface area (Å²) in [6, 6.07) is 2.30. The first kappa shape index (κ1) is 42.9. The minimum absolute atomic E-state index is 0.0725. The summed E-state index contributed by atoms with van der Waals surface area (Å²) in [6.45, 7) is 12.2. The Morgan fingerprint density at radius 1 is 1.07 bits per heavy atom. The molecule has 0 amide bonds. The highest BCUT2D eigenvalue weighted by atomic mass is 19.2. The number of hydrogen-bond donors (Lipinski definition) is 2. The summed E-state index contributed by atoms with van der Waals surface area (Å²) in [5, 5.41) is 15.8. The van der Waals surface area contributed by atoms with E-state index in [2.05, 4.69) is 10.1 Å². The molecule has 0 aliphatic carbocycles. The Bertz CT molecular complexity index is 1600. The molecule has 2 bridgehead atoms. The number of ketones is 1. The summed E-state index contributed by atoms with van der Waals surface area (Å²) >= 11 is 0. The van der Waals surface area contributed by atoms with Crippen molar-refractivity contribution in [2.45, 2.75) is 141 Å². The molecule has 0 spiro atoms. The SMILES string of the molecule is CC[C@H]1OC(=O)[C@H](C)[C@H]2C[C@@H](OC3O[C@H](C)C[C@H](N(C)C)[C@H]3O)[C@](C)(C[C@@H](C)C(=O)[C@H](C)C3N=C(N)OC31C)OC/C(=N/OCc1ccc(F)c(F)c1)CO2. The van der Waals surface area contributed by atoms with E-state index in [1.54, 1.807) is 20.8 Å². The number of hydrogen-bond acceptors (Lipinski definition) is 14. The van der Waals surface area contributed by atoms with Crippen LogP contribution in [0.3, 0.4) is 0 Å². The number of nitrogens with two attached hydrogens (primary N) is 1. The zero-order chi connectivity index (χ0) is 40.4. The molecule has 4 aliphatic rings. The van der Waals surface area contributed by atoms with Crippen molar-refractivity contribution in [2.75, 3.05) is 27.3 Å². The number of oxime groups is 1. The van der Waals surface area contributed by atoms with Gasteiger partial charge in [-0.05, 0) is 78.7 Å². The van der Waals surface area contributed by atoms with E-state index in [4.69, 9.17) is 39.0 Å². The molecule has 13 atom stereocenters. The Morgan fingerprint density at radius 2 is 1.80 bits per heavy atom. The molecule has 3 fully saturated rings.